The third kappa shape index (κ3) is 4.44. The number of aromatic amines is 1. The van der Waals surface area contributed by atoms with Crippen LogP contribution in [0.15, 0.2) is 42.9 Å². The lowest BCUT2D eigenvalue weighted by Gasteiger charge is -2.32. The topological polar surface area (TPSA) is 78.1 Å². The van der Waals surface area contributed by atoms with Gasteiger partial charge in [-0.25, -0.2) is 4.39 Å². The highest BCUT2D eigenvalue weighted by atomic mass is 19.4. The van der Waals surface area contributed by atoms with Gasteiger partial charge in [-0.1, -0.05) is 12.1 Å². The molecule has 0 spiro atoms. The lowest BCUT2D eigenvalue weighted by atomic mass is 9.88. The molecule has 0 bridgehead atoms. The van der Waals surface area contributed by atoms with E-state index in [1.807, 2.05) is 0 Å². The molecular weight excluding hydrogens is 428 g/mol. The van der Waals surface area contributed by atoms with Crippen LogP contribution in [0.3, 0.4) is 0 Å². The van der Waals surface area contributed by atoms with E-state index in [1.54, 1.807) is 34.9 Å². The van der Waals surface area contributed by atoms with Crippen molar-refractivity contribution >= 4 is 22.7 Å². The molecule has 3 aromatic rings. The molecule has 32 heavy (non-hydrogen) atoms. The van der Waals surface area contributed by atoms with Crippen molar-refractivity contribution in [3.05, 3.63) is 65.4 Å². The van der Waals surface area contributed by atoms with Crippen LogP contribution >= 0.6 is 0 Å². The third-order valence-electron chi connectivity index (χ3n) is 5.71. The number of likely N-dealkylation sites (tertiary alicyclic amines) is 1. The van der Waals surface area contributed by atoms with Crippen molar-refractivity contribution in [3.63, 3.8) is 0 Å². The van der Waals surface area contributed by atoms with Crippen LogP contribution in [0.4, 0.5) is 17.6 Å². The summed E-state index contributed by atoms with van der Waals surface area (Å²) in [6.07, 6.45) is 0.982. The second kappa shape index (κ2) is 8.60. The minimum Gasteiger partial charge on any atom is -0.359 e. The Morgan fingerprint density at radius 3 is 2.66 bits per heavy atom. The molecule has 0 aliphatic carbocycles. The summed E-state index contributed by atoms with van der Waals surface area (Å²) in [6, 6.07) is 5.80. The van der Waals surface area contributed by atoms with Crippen molar-refractivity contribution in [1.82, 2.24) is 20.2 Å². The quantitative estimate of drug-likeness (QED) is 0.595. The number of rotatable bonds is 4. The first-order valence-electron chi connectivity index (χ1n) is 10.1. The van der Waals surface area contributed by atoms with Crippen molar-refractivity contribution in [2.75, 3.05) is 13.1 Å². The third-order valence-corrected chi connectivity index (χ3v) is 5.71. The minimum absolute atomic E-state index is 0.120. The highest BCUT2D eigenvalue weighted by Crippen LogP contribution is 2.32. The molecule has 6 nitrogen and oxygen atoms in total. The summed E-state index contributed by atoms with van der Waals surface area (Å²) in [4.78, 5) is 32.7. The fraction of sp³-hybridized carbons (Fsp3) is 0.318. The summed E-state index contributed by atoms with van der Waals surface area (Å²) in [5.41, 5.74) is 2.08. The van der Waals surface area contributed by atoms with Crippen molar-refractivity contribution < 1.29 is 27.2 Å². The summed E-state index contributed by atoms with van der Waals surface area (Å²) >= 11 is 0. The number of carbonyl (C=O) groups excluding carboxylic acids is 2. The Hall–Kier alpha value is -3.43. The first-order chi connectivity index (χ1) is 15.2. The van der Waals surface area contributed by atoms with Crippen LogP contribution in [0.5, 0.6) is 0 Å². The molecule has 10 heteroatoms. The molecule has 3 heterocycles. The van der Waals surface area contributed by atoms with E-state index in [2.05, 4.69) is 9.97 Å². The largest absolute Gasteiger partial charge is 0.471 e. The highest BCUT2D eigenvalue weighted by molar-refractivity contribution is 6.06. The molecular formula is C22H20F4N4O2. The predicted octanol–water partition coefficient (Wildman–Crippen LogP) is 3.90. The molecule has 1 fully saturated rings. The Balaban J connectivity index is 1.41. The second-order valence-electron chi connectivity index (χ2n) is 7.73. The molecule has 1 aliphatic rings. The van der Waals surface area contributed by atoms with E-state index >= 15 is 0 Å². The number of halogens is 4. The number of carbonyl (C=O) groups is 2. The average Bonchev–Trinajstić information content (AvgIpc) is 3.21. The molecule has 1 saturated heterocycles. The number of hydrogen-bond donors (Lipinski definition) is 2. The monoisotopic (exact) mass is 448 g/mol. The maximum Gasteiger partial charge on any atom is 0.471 e. The number of nitrogens with zero attached hydrogens (tertiary/aromatic N) is 2. The SMILES string of the molecule is O=C(c1c[nH]c2cnccc12)N1CCC(c2cc(CNC(=O)C(F)(F)F)ccc2F)CC1. The minimum atomic E-state index is -4.97. The Bertz CT molecular complexity index is 1150. The van der Waals surface area contributed by atoms with Gasteiger partial charge in [0.1, 0.15) is 5.82 Å². The number of aromatic nitrogens is 2. The zero-order valence-electron chi connectivity index (χ0n) is 16.9. The maximum absolute atomic E-state index is 14.4. The van der Waals surface area contributed by atoms with Crippen molar-refractivity contribution in [2.24, 2.45) is 0 Å². The average molecular weight is 448 g/mol. The van der Waals surface area contributed by atoms with Crippen LogP contribution in [-0.2, 0) is 11.3 Å². The van der Waals surface area contributed by atoms with Crippen LogP contribution in [0.2, 0.25) is 0 Å². The number of H-pyrrole nitrogens is 1. The van der Waals surface area contributed by atoms with Crippen LogP contribution in [0, 0.1) is 5.82 Å². The maximum atomic E-state index is 14.4. The molecule has 2 amide bonds. The van der Waals surface area contributed by atoms with Gasteiger partial charge in [0.05, 0.1) is 17.3 Å². The van der Waals surface area contributed by atoms with Gasteiger partial charge in [-0.05, 0) is 42.0 Å². The first-order valence-corrected chi connectivity index (χ1v) is 10.1. The van der Waals surface area contributed by atoms with Gasteiger partial charge >= 0.3 is 12.1 Å². The van der Waals surface area contributed by atoms with Crippen LogP contribution in [-0.4, -0.2) is 45.9 Å². The molecule has 168 valence electrons. The number of fused-ring (bicyclic) bond motifs is 1. The summed E-state index contributed by atoms with van der Waals surface area (Å²) < 4.78 is 51.5. The summed E-state index contributed by atoms with van der Waals surface area (Å²) in [5, 5.41) is 2.58. The van der Waals surface area contributed by atoms with Crippen molar-refractivity contribution in [1.29, 1.82) is 0 Å². The molecule has 4 rings (SSSR count). The Kier molecular flexibility index (Phi) is 5.86. The van der Waals surface area contributed by atoms with Gasteiger partial charge in [-0.2, -0.15) is 13.2 Å². The lowest BCUT2D eigenvalue weighted by molar-refractivity contribution is -0.173. The van der Waals surface area contributed by atoms with Crippen molar-refractivity contribution in [2.45, 2.75) is 31.5 Å². The zero-order valence-corrected chi connectivity index (χ0v) is 16.9. The fourth-order valence-electron chi connectivity index (χ4n) is 4.01. The van der Waals surface area contributed by atoms with E-state index in [-0.39, 0.29) is 18.4 Å². The molecule has 2 aromatic heterocycles. The Labute approximate surface area is 180 Å². The van der Waals surface area contributed by atoms with Gasteiger partial charge in [-0.15, -0.1) is 0 Å². The highest BCUT2D eigenvalue weighted by Gasteiger charge is 2.38. The molecule has 2 N–H and O–H groups in total. The zero-order chi connectivity index (χ0) is 22.9. The van der Waals surface area contributed by atoms with Crippen molar-refractivity contribution in [3.8, 4) is 0 Å². The standard InChI is InChI=1S/C22H20F4N4O2/c23-18-2-1-13(10-29-21(32)22(24,25)26)9-16(18)14-4-7-30(8-5-14)20(31)17-11-28-19-12-27-6-3-15(17)19/h1-3,6,9,11-12,14,28H,4-5,7-8,10H2,(H,29,32). The van der Waals surface area contributed by atoms with Crippen LogP contribution in [0.25, 0.3) is 10.9 Å². The fourth-order valence-corrected chi connectivity index (χ4v) is 4.01. The first kappa shape index (κ1) is 21.8. The van der Waals surface area contributed by atoms with E-state index in [0.717, 1.165) is 10.9 Å². The van der Waals surface area contributed by atoms with Gasteiger partial charge in [-0.3, -0.25) is 14.6 Å². The number of amides is 2. The number of benzene rings is 1. The van der Waals surface area contributed by atoms with E-state index < -0.39 is 17.9 Å². The normalized spacial score (nSPS) is 15.2. The Morgan fingerprint density at radius 1 is 1.19 bits per heavy atom. The number of pyridine rings is 1. The Morgan fingerprint density at radius 2 is 1.94 bits per heavy atom. The van der Waals surface area contributed by atoms with E-state index in [0.29, 0.717) is 42.6 Å². The molecule has 0 radical (unpaired) electrons. The van der Waals surface area contributed by atoms with E-state index in [4.69, 9.17) is 0 Å². The number of alkyl halides is 3. The molecule has 1 aliphatic heterocycles. The molecule has 0 saturated carbocycles. The number of nitrogens with one attached hydrogen (secondary N) is 2. The van der Waals surface area contributed by atoms with E-state index in [9.17, 15) is 27.2 Å². The summed E-state index contributed by atoms with van der Waals surface area (Å²) in [5.74, 6) is -2.79. The predicted molar refractivity (Wildman–Crippen MR) is 108 cm³/mol. The van der Waals surface area contributed by atoms with Crippen LogP contribution < -0.4 is 5.32 Å². The van der Waals surface area contributed by atoms with Gasteiger partial charge < -0.3 is 15.2 Å². The van der Waals surface area contributed by atoms with Gasteiger partial charge in [0, 0.05) is 37.4 Å². The molecule has 0 atom stereocenters. The van der Waals surface area contributed by atoms with Crippen LogP contribution in [0.1, 0.15) is 40.2 Å². The smallest absolute Gasteiger partial charge is 0.359 e. The lowest BCUT2D eigenvalue weighted by Crippen LogP contribution is -2.38. The molecule has 0 unspecified atom stereocenters. The molecule has 1 aromatic carbocycles. The number of piperidine rings is 1. The van der Waals surface area contributed by atoms with Gasteiger partial charge in [0.15, 0.2) is 0 Å². The second-order valence-corrected chi connectivity index (χ2v) is 7.73. The number of hydrogen-bond acceptors (Lipinski definition) is 3. The summed E-state index contributed by atoms with van der Waals surface area (Å²) in [7, 11) is 0. The van der Waals surface area contributed by atoms with E-state index in [1.165, 1.54) is 18.2 Å². The summed E-state index contributed by atoms with van der Waals surface area (Å²) in [6.45, 7) is 0.504. The van der Waals surface area contributed by atoms with Gasteiger partial charge in [0.25, 0.3) is 5.91 Å². The van der Waals surface area contributed by atoms with Gasteiger partial charge in [0.2, 0.25) is 0 Å².